The Balaban J connectivity index is 2.68. The molecule has 0 bridgehead atoms. The van der Waals surface area contributed by atoms with Crippen LogP contribution in [0, 0.1) is 18.3 Å². The summed E-state index contributed by atoms with van der Waals surface area (Å²) in [4.78, 5) is 11.6. The van der Waals surface area contributed by atoms with Gasteiger partial charge in [0.05, 0.1) is 19.9 Å². The van der Waals surface area contributed by atoms with Crippen molar-refractivity contribution >= 4 is 0 Å². The third-order valence-corrected chi connectivity index (χ3v) is 3.01. The van der Waals surface area contributed by atoms with Gasteiger partial charge in [-0.25, -0.2) is 0 Å². The lowest BCUT2D eigenvalue weighted by Crippen LogP contribution is -2.12. The fourth-order valence-corrected chi connectivity index (χ4v) is 1.96. The molecule has 5 nitrogen and oxygen atoms in total. The Kier molecular flexibility index (Phi) is 3.76. The van der Waals surface area contributed by atoms with Gasteiger partial charge in [-0.2, -0.15) is 5.26 Å². The van der Waals surface area contributed by atoms with Crippen LogP contribution in [0.4, 0.5) is 0 Å². The quantitative estimate of drug-likeness (QED) is 0.856. The maximum absolute atomic E-state index is 11.6. The van der Waals surface area contributed by atoms with E-state index >= 15 is 0 Å². The number of methoxy groups -OCH3 is 2. The highest BCUT2D eigenvalue weighted by Gasteiger charge is 2.10. The van der Waals surface area contributed by atoms with Crippen LogP contribution >= 0.6 is 0 Å². The highest BCUT2D eigenvalue weighted by atomic mass is 16.5. The maximum atomic E-state index is 11.6. The zero-order valence-electron chi connectivity index (χ0n) is 11.5. The molecule has 1 aromatic carbocycles. The van der Waals surface area contributed by atoms with E-state index in [1.807, 2.05) is 12.1 Å². The Morgan fingerprint density at radius 1 is 1.20 bits per heavy atom. The predicted molar refractivity (Wildman–Crippen MR) is 74.6 cm³/mol. The topological polar surface area (TPSA) is 64.2 Å². The monoisotopic (exact) mass is 270 g/mol. The van der Waals surface area contributed by atoms with Crippen molar-refractivity contribution in [1.29, 1.82) is 5.26 Å². The van der Waals surface area contributed by atoms with Crippen molar-refractivity contribution in [3.05, 3.63) is 51.9 Å². The van der Waals surface area contributed by atoms with Crippen LogP contribution in [0.1, 0.15) is 11.3 Å². The van der Waals surface area contributed by atoms with E-state index in [-0.39, 0.29) is 11.0 Å². The number of nitriles is 1. The van der Waals surface area contributed by atoms with Crippen LogP contribution in [-0.4, -0.2) is 18.8 Å². The summed E-state index contributed by atoms with van der Waals surface area (Å²) in [6.45, 7) is 1.80. The first-order chi connectivity index (χ1) is 9.60. The minimum absolute atomic E-state index is 0.0912. The number of rotatable bonds is 3. The Bertz CT molecular complexity index is 742. The Hall–Kier alpha value is -2.74. The standard InChI is InChI=1S/C15H14N2O3/c1-10-6-14(18)11(8-16)9-17(10)13-5-4-12(19-2)7-15(13)20-3/h4-7,9H,1-3H3. The van der Waals surface area contributed by atoms with Crippen LogP contribution in [-0.2, 0) is 0 Å². The van der Waals surface area contributed by atoms with Crippen molar-refractivity contribution < 1.29 is 9.47 Å². The first kappa shape index (κ1) is 13.7. The van der Waals surface area contributed by atoms with E-state index < -0.39 is 0 Å². The summed E-state index contributed by atoms with van der Waals surface area (Å²) in [6.07, 6.45) is 1.52. The largest absolute Gasteiger partial charge is 0.497 e. The molecule has 102 valence electrons. The summed E-state index contributed by atoms with van der Waals surface area (Å²) in [6, 6.07) is 8.68. The molecule has 1 heterocycles. The summed E-state index contributed by atoms with van der Waals surface area (Å²) in [5, 5.41) is 8.97. The lowest BCUT2D eigenvalue weighted by molar-refractivity contribution is 0.393. The first-order valence-corrected chi connectivity index (χ1v) is 5.96. The van der Waals surface area contributed by atoms with Gasteiger partial charge in [-0.15, -0.1) is 0 Å². The van der Waals surface area contributed by atoms with E-state index in [1.54, 1.807) is 37.8 Å². The normalized spacial score (nSPS) is 9.90. The average Bonchev–Trinajstić information content (AvgIpc) is 2.47. The molecule has 0 saturated carbocycles. The number of ether oxygens (including phenoxy) is 2. The summed E-state index contributed by atoms with van der Waals surface area (Å²) >= 11 is 0. The lowest BCUT2D eigenvalue weighted by atomic mass is 10.2. The van der Waals surface area contributed by atoms with Gasteiger partial charge in [0, 0.05) is 24.0 Å². The SMILES string of the molecule is COc1ccc(-n2cc(C#N)c(=O)cc2C)c(OC)c1. The second-order valence-corrected chi connectivity index (χ2v) is 4.21. The van der Waals surface area contributed by atoms with Gasteiger partial charge in [0.2, 0.25) is 0 Å². The van der Waals surface area contributed by atoms with Crippen molar-refractivity contribution in [1.82, 2.24) is 4.57 Å². The third-order valence-electron chi connectivity index (χ3n) is 3.01. The van der Waals surface area contributed by atoms with Gasteiger partial charge in [-0.1, -0.05) is 0 Å². The molecule has 0 amide bonds. The van der Waals surface area contributed by atoms with Gasteiger partial charge in [-0.3, -0.25) is 4.79 Å². The molecule has 0 aliphatic carbocycles. The van der Waals surface area contributed by atoms with Crippen LogP contribution in [0.3, 0.4) is 0 Å². The van der Waals surface area contributed by atoms with Crippen molar-refractivity contribution in [3.63, 3.8) is 0 Å². The zero-order chi connectivity index (χ0) is 14.7. The van der Waals surface area contributed by atoms with Crippen LogP contribution in [0.2, 0.25) is 0 Å². The van der Waals surface area contributed by atoms with E-state index in [4.69, 9.17) is 14.7 Å². The molecule has 0 aliphatic rings. The second kappa shape index (κ2) is 5.49. The van der Waals surface area contributed by atoms with Crippen molar-refractivity contribution in [2.75, 3.05) is 14.2 Å². The molecule has 0 fully saturated rings. The maximum Gasteiger partial charge on any atom is 0.199 e. The van der Waals surface area contributed by atoms with E-state index in [2.05, 4.69) is 0 Å². The van der Waals surface area contributed by atoms with Gasteiger partial charge >= 0.3 is 0 Å². The molecule has 0 N–H and O–H groups in total. The van der Waals surface area contributed by atoms with Gasteiger partial charge in [-0.05, 0) is 19.1 Å². The van der Waals surface area contributed by atoms with Crippen LogP contribution in [0.25, 0.3) is 5.69 Å². The Morgan fingerprint density at radius 3 is 2.55 bits per heavy atom. The van der Waals surface area contributed by atoms with Crippen LogP contribution in [0.5, 0.6) is 11.5 Å². The molecule has 20 heavy (non-hydrogen) atoms. The highest BCUT2D eigenvalue weighted by Crippen LogP contribution is 2.28. The van der Waals surface area contributed by atoms with E-state index in [9.17, 15) is 4.79 Å². The Morgan fingerprint density at radius 2 is 1.95 bits per heavy atom. The minimum Gasteiger partial charge on any atom is -0.497 e. The minimum atomic E-state index is -0.284. The molecule has 5 heteroatoms. The molecule has 1 aromatic heterocycles. The molecular formula is C15H14N2O3. The lowest BCUT2D eigenvalue weighted by Gasteiger charge is -2.15. The molecule has 0 unspecified atom stereocenters. The number of pyridine rings is 1. The van der Waals surface area contributed by atoms with Gasteiger partial charge < -0.3 is 14.0 Å². The zero-order valence-corrected chi connectivity index (χ0v) is 11.5. The Labute approximate surface area is 116 Å². The molecular weight excluding hydrogens is 256 g/mol. The van der Waals surface area contributed by atoms with Gasteiger partial charge in [0.25, 0.3) is 0 Å². The molecule has 2 aromatic rings. The number of hydrogen-bond donors (Lipinski definition) is 0. The smallest absolute Gasteiger partial charge is 0.199 e. The number of aromatic nitrogens is 1. The fraction of sp³-hybridized carbons (Fsp3) is 0.200. The number of aryl methyl sites for hydroxylation is 1. The summed E-state index contributed by atoms with van der Waals surface area (Å²) < 4.78 is 12.2. The van der Waals surface area contributed by atoms with E-state index in [0.717, 1.165) is 11.4 Å². The van der Waals surface area contributed by atoms with Crippen LogP contribution in [0.15, 0.2) is 35.3 Å². The molecule has 0 radical (unpaired) electrons. The fourth-order valence-electron chi connectivity index (χ4n) is 1.96. The van der Waals surface area contributed by atoms with E-state index in [0.29, 0.717) is 11.5 Å². The molecule has 0 atom stereocenters. The van der Waals surface area contributed by atoms with Gasteiger partial charge in [0.15, 0.2) is 5.43 Å². The summed E-state index contributed by atoms with van der Waals surface area (Å²) in [7, 11) is 3.13. The van der Waals surface area contributed by atoms with Crippen molar-refractivity contribution in [3.8, 4) is 23.3 Å². The van der Waals surface area contributed by atoms with Crippen molar-refractivity contribution in [2.45, 2.75) is 6.92 Å². The molecule has 0 saturated heterocycles. The number of hydrogen-bond acceptors (Lipinski definition) is 4. The highest BCUT2D eigenvalue weighted by molar-refractivity contribution is 5.52. The van der Waals surface area contributed by atoms with Crippen molar-refractivity contribution in [2.24, 2.45) is 0 Å². The number of nitrogens with zero attached hydrogens (tertiary/aromatic N) is 2. The van der Waals surface area contributed by atoms with Gasteiger partial charge in [0.1, 0.15) is 23.1 Å². The van der Waals surface area contributed by atoms with Crippen LogP contribution < -0.4 is 14.9 Å². The average molecular weight is 270 g/mol. The number of benzene rings is 1. The first-order valence-electron chi connectivity index (χ1n) is 5.96. The second-order valence-electron chi connectivity index (χ2n) is 4.21. The summed E-state index contributed by atoms with van der Waals surface area (Å²) in [5.41, 5.74) is 1.27. The molecule has 0 spiro atoms. The summed E-state index contributed by atoms with van der Waals surface area (Å²) in [5.74, 6) is 1.27. The predicted octanol–water partition coefficient (Wildman–Crippen LogP) is 2.03. The third kappa shape index (κ3) is 2.36. The molecule has 0 aliphatic heterocycles. The van der Waals surface area contributed by atoms with E-state index in [1.165, 1.54) is 12.3 Å². The molecule has 2 rings (SSSR count).